The first kappa shape index (κ1) is 14.8. The van der Waals surface area contributed by atoms with Gasteiger partial charge in [-0.05, 0) is 31.6 Å². The highest BCUT2D eigenvalue weighted by atomic mass is 16.3. The second-order valence-corrected chi connectivity index (χ2v) is 7.27. The normalized spacial score (nSPS) is 28.2. The van der Waals surface area contributed by atoms with Gasteiger partial charge in [-0.3, -0.25) is 9.59 Å². The summed E-state index contributed by atoms with van der Waals surface area (Å²) in [7, 11) is 1.76. The molecule has 2 amide bonds. The van der Waals surface area contributed by atoms with Crippen molar-refractivity contribution >= 4 is 11.8 Å². The van der Waals surface area contributed by atoms with E-state index < -0.39 is 5.60 Å². The molecular formula is C16H26N2O3. The van der Waals surface area contributed by atoms with Crippen LogP contribution in [-0.4, -0.2) is 59.0 Å². The van der Waals surface area contributed by atoms with Crippen molar-refractivity contribution in [3.8, 4) is 0 Å². The smallest absolute Gasteiger partial charge is 0.227 e. The molecule has 1 atom stereocenters. The third kappa shape index (κ3) is 3.39. The summed E-state index contributed by atoms with van der Waals surface area (Å²) < 4.78 is 0. The lowest BCUT2D eigenvalue weighted by Gasteiger charge is -2.30. The van der Waals surface area contributed by atoms with Crippen LogP contribution < -0.4 is 0 Å². The van der Waals surface area contributed by atoms with Gasteiger partial charge < -0.3 is 14.9 Å². The van der Waals surface area contributed by atoms with E-state index in [2.05, 4.69) is 0 Å². The summed E-state index contributed by atoms with van der Waals surface area (Å²) in [6.45, 7) is 1.80. The van der Waals surface area contributed by atoms with Gasteiger partial charge in [0.25, 0.3) is 0 Å². The molecule has 2 saturated carbocycles. The molecular weight excluding hydrogens is 268 g/mol. The van der Waals surface area contributed by atoms with Crippen LogP contribution in [0, 0.1) is 11.8 Å². The summed E-state index contributed by atoms with van der Waals surface area (Å²) in [5.74, 6) is 0.584. The van der Waals surface area contributed by atoms with Crippen molar-refractivity contribution in [2.24, 2.45) is 11.8 Å². The molecule has 118 valence electrons. The molecule has 2 aliphatic carbocycles. The Hall–Kier alpha value is -1.10. The van der Waals surface area contributed by atoms with Gasteiger partial charge in [0, 0.05) is 33.1 Å². The van der Waals surface area contributed by atoms with E-state index in [1.165, 1.54) is 12.8 Å². The zero-order valence-electron chi connectivity index (χ0n) is 12.9. The lowest BCUT2D eigenvalue weighted by atomic mass is 10.0. The summed E-state index contributed by atoms with van der Waals surface area (Å²) in [4.78, 5) is 28.0. The molecule has 1 N–H and O–H groups in total. The third-order valence-electron chi connectivity index (χ3n) is 5.18. The van der Waals surface area contributed by atoms with Crippen molar-refractivity contribution in [3.63, 3.8) is 0 Å². The van der Waals surface area contributed by atoms with E-state index in [0.29, 0.717) is 25.4 Å². The number of rotatable bonds is 5. The second-order valence-electron chi connectivity index (χ2n) is 7.27. The molecule has 1 saturated heterocycles. The Morgan fingerprint density at radius 1 is 1.38 bits per heavy atom. The molecule has 3 fully saturated rings. The Bertz CT molecular complexity index is 427. The standard InChI is InChI=1S/C16H26N2O3/c1-17(11-16(21)6-2-3-7-16)15(20)13-8-14(19)18(10-13)9-12-4-5-12/h12-13,21H,2-11H2,1H3. The zero-order chi connectivity index (χ0) is 15.0. The highest BCUT2D eigenvalue weighted by Gasteiger charge is 2.40. The molecule has 0 radical (unpaired) electrons. The van der Waals surface area contributed by atoms with Crippen molar-refractivity contribution in [3.05, 3.63) is 0 Å². The second kappa shape index (κ2) is 5.59. The van der Waals surface area contributed by atoms with Gasteiger partial charge in [0.05, 0.1) is 11.5 Å². The molecule has 5 heteroatoms. The first-order chi connectivity index (χ1) is 9.97. The van der Waals surface area contributed by atoms with Crippen LogP contribution in [0.5, 0.6) is 0 Å². The predicted molar refractivity (Wildman–Crippen MR) is 78.5 cm³/mol. The van der Waals surface area contributed by atoms with E-state index >= 15 is 0 Å². The molecule has 3 rings (SSSR count). The summed E-state index contributed by atoms with van der Waals surface area (Å²) in [6.07, 6.45) is 6.41. The number of carbonyl (C=O) groups excluding carboxylic acids is 2. The van der Waals surface area contributed by atoms with E-state index in [1.807, 2.05) is 4.90 Å². The minimum atomic E-state index is -0.708. The van der Waals surface area contributed by atoms with Crippen LogP contribution in [0.1, 0.15) is 44.9 Å². The maximum Gasteiger partial charge on any atom is 0.227 e. The molecule has 0 spiro atoms. The summed E-state index contributed by atoms with van der Waals surface area (Å²) in [5.41, 5.74) is -0.708. The molecule has 1 aliphatic heterocycles. The van der Waals surface area contributed by atoms with Crippen LogP contribution in [0.3, 0.4) is 0 Å². The van der Waals surface area contributed by atoms with Crippen molar-refractivity contribution in [1.29, 1.82) is 0 Å². The summed E-state index contributed by atoms with van der Waals surface area (Å²) >= 11 is 0. The Morgan fingerprint density at radius 2 is 2.05 bits per heavy atom. The molecule has 0 aromatic heterocycles. The van der Waals surface area contributed by atoms with Crippen LogP contribution in [0.4, 0.5) is 0 Å². The lowest BCUT2D eigenvalue weighted by molar-refractivity contribution is -0.137. The van der Waals surface area contributed by atoms with Gasteiger partial charge in [-0.15, -0.1) is 0 Å². The van der Waals surface area contributed by atoms with Crippen molar-refractivity contribution in [2.45, 2.75) is 50.5 Å². The fraction of sp³-hybridized carbons (Fsp3) is 0.875. The quantitative estimate of drug-likeness (QED) is 0.823. The Morgan fingerprint density at radius 3 is 2.67 bits per heavy atom. The number of likely N-dealkylation sites (tertiary alicyclic amines) is 1. The Labute approximate surface area is 126 Å². The predicted octanol–water partition coefficient (Wildman–Crippen LogP) is 1.01. The third-order valence-corrected chi connectivity index (χ3v) is 5.18. The Kier molecular flexibility index (Phi) is 3.95. The zero-order valence-corrected chi connectivity index (χ0v) is 12.9. The van der Waals surface area contributed by atoms with Crippen LogP contribution in [-0.2, 0) is 9.59 Å². The van der Waals surface area contributed by atoms with Gasteiger partial charge in [0.2, 0.25) is 11.8 Å². The summed E-state index contributed by atoms with van der Waals surface area (Å²) in [5, 5.41) is 10.4. The number of hydrogen-bond acceptors (Lipinski definition) is 3. The number of carbonyl (C=O) groups is 2. The van der Waals surface area contributed by atoms with Gasteiger partial charge in [-0.2, -0.15) is 0 Å². The van der Waals surface area contributed by atoms with Gasteiger partial charge in [-0.1, -0.05) is 12.8 Å². The number of likely N-dealkylation sites (N-methyl/N-ethyl adjacent to an activating group) is 1. The lowest BCUT2D eigenvalue weighted by Crippen LogP contribution is -2.44. The molecule has 0 bridgehead atoms. The van der Waals surface area contributed by atoms with E-state index in [-0.39, 0.29) is 17.7 Å². The number of nitrogens with zero attached hydrogens (tertiary/aromatic N) is 2. The van der Waals surface area contributed by atoms with E-state index in [4.69, 9.17) is 0 Å². The fourth-order valence-electron chi connectivity index (χ4n) is 3.75. The van der Waals surface area contributed by atoms with Crippen LogP contribution >= 0.6 is 0 Å². The fourth-order valence-corrected chi connectivity index (χ4v) is 3.75. The first-order valence-corrected chi connectivity index (χ1v) is 8.22. The van der Waals surface area contributed by atoms with Gasteiger partial charge in [0.15, 0.2) is 0 Å². The topological polar surface area (TPSA) is 60.9 Å². The largest absolute Gasteiger partial charge is 0.388 e. The maximum absolute atomic E-state index is 12.5. The van der Waals surface area contributed by atoms with Gasteiger partial charge in [-0.25, -0.2) is 0 Å². The van der Waals surface area contributed by atoms with Crippen molar-refractivity contribution < 1.29 is 14.7 Å². The number of aliphatic hydroxyl groups is 1. The van der Waals surface area contributed by atoms with Crippen molar-refractivity contribution in [2.75, 3.05) is 26.7 Å². The monoisotopic (exact) mass is 294 g/mol. The highest BCUT2D eigenvalue weighted by molar-refractivity contribution is 5.89. The minimum absolute atomic E-state index is 0.0157. The molecule has 0 aromatic carbocycles. The Balaban J connectivity index is 1.53. The van der Waals surface area contributed by atoms with Crippen molar-refractivity contribution in [1.82, 2.24) is 9.80 Å². The number of amides is 2. The maximum atomic E-state index is 12.5. The average molecular weight is 294 g/mol. The molecule has 21 heavy (non-hydrogen) atoms. The minimum Gasteiger partial charge on any atom is -0.388 e. The molecule has 3 aliphatic rings. The van der Waals surface area contributed by atoms with E-state index in [9.17, 15) is 14.7 Å². The van der Waals surface area contributed by atoms with Crippen LogP contribution in [0.25, 0.3) is 0 Å². The molecule has 0 aromatic rings. The summed E-state index contributed by atoms with van der Waals surface area (Å²) in [6, 6.07) is 0. The SMILES string of the molecule is CN(CC1(O)CCCC1)C(=O)C1CC(=O)N(CC2CC2)C1. The average Bonchev–Trinajstić information content (AvgIpc) is 3.04. The molecule has 1 unspecified atom stereocenters. The van der Waals surface area contributed by atoms with Gasteiger partial charge >= 0.3 is 0 Å². The van der Waals surface area contributed by atoms with Gasteiger partial charge in [0.1, 0.15) is 0 Å². The molecule has 1 heterocycles. The molecule has 5 nitrogen and oxygen atoms in total. The van der Waals surface area contributed by atoms with E-state index in [1.54, 1.807) is 11.9 Å². The van der Waals surface area contributed by atoms with Crippen LogP contribution in [0.2, 0.25) is 0 Å². The van der Waals surface area contributed by atoms with E-state index in [0.717, 1.165) is 32.2 Å². The first-order valence-electron chi connectivity index (χ1n) is 8.22. The number of hydrogen-bond donors (Lipinski definition) is 1. The van der Waals surface area contributed by atoms with Crippen LogP contribution in [0.15, 0.2) is 0 Å². The highest BCUT2D eigenvalue weighted by Crippen LogP contribution is 2.33.